The summed E-state index contributed by atoms with van der Waals surface area (Å²) in [6.07, 6.45) is 0.0316. The lowest BCUT2D eigenvalue weighted by molar-refractivity contribution is 0.0117. The molecular weight excluding hydrogens is 312 g/mol. The van der Waals surface area contributed by atoms with E-state index in [4.69, 9.17) is 4.74 Å². The quantitative estimate of drug-likeness (QED) is 0.595. The first-order valence-corrected chi connectivity index (χ1v) is 8.34. The molecule has 2 heterocycles. The molecule has 4 rings (SSSR count). The van der Waals surface area contributed by atoms with Crippen LogP contribution in [0, 0.1) is 18.8 Å². The highest BCUT2D eigenvalue weighted by atomic mass is 16.5. The third kappa shape index (κ3) is 3.07. The van der Waals surface area contributed by atoms with Crippen LogP contribution < -0.4 is 5.56 Å². The third-order valence-corrected chi connectivity index (χ3v) is 4.37. The molecule has 124 valence electrons. The lowest BCUT2D eigenvalue weighted by atomic mass is 10.1. The second-order valence-corrected chi connectivity index (χ2v) is 6.41. The zero-order chi connectivity index (χ0) is 17.4. The molecule has 1 aliphatic heterocycles. The number of aryl methyl sites for hydroxylation is 1. The standard InChI is InChI=1S/C21H18N2O2/c1-14-3-5-16(6-4-14)7-8-17-9-10-18-19(11-17)22-20-13-25-15(2)12-23(20)21(18)24/h3-6,9-11,15H,12-13H2,1-2H3. The molecule has 0 bridgehead atoms. The molecule has 1 unspecified atom stereocenters. The van der Waals surface area contributed by atoms with Gasteiger partial charge in [-0.05, 0) is 44.2 Å². The Morgan fingerprint density at radius 2 is 1.84 bits per heavy atom. The van der Waals surface area contributed by atoms with E-state index in [9.17, 15) is 4.79 Å². The maximum atomic E-state index is 12.7. The molecule has 0 N–H and O–H groups in total. The summed E-state index contributed by atoms with van der Waals surface area (Å²) in [5, 5.41) is 0.624. The van der Waals surface area contributed by atoms with Crippen molar-refractivity contribution in [2.75, 3.05) is 0 Å². The molecule has 1 aromatic heterocycles. The van der Waals surface area contributed by atoms with Gasteiger partial charge in [-0.15, -0.1) is 0 Å². The van der Waals surface area contributed by atoms with Crippen LogP contribution in [0.15, 0.2) is 47.3 Å². The maximum Gasteiger partial charge on any atom is 0.261 e. The monoisotopic (exact) mass is 330 g/mol. The van der Waals surface area contributed by atoms with Crippen molar-refractivity contribution in [3.05, 3.63) is 75.3 Å². The summed E-state index contributed by atoms with van der Waals surface area (Å²) in [5.41, 5.74) is 3.68. The van der Waals surface area contributed by atoms with E-state index in [0.29, 0.717) is 29.9 Å². The largest absolute Gasteiger partial charge is 0.369 e. The fraction of sp³-hybridized carbons (Fsp3) is 0.238. The van der Waals surface area contributed by atoms with E-state index in [0.717, 1.165) is 11.1 Å². The van der Waals surface area contributed by atoms with Crippen LogP contribution in [-0.4, -0.2) is 15.7 Å². The first-order valence-electron chi connectivity index (χ1n) is 8.34. The number of hydrogen-bond donors (Lipinski definition) is 0. The molecule has 0 aliphatic carbocycles. The summed E-state index contributed by atoms with van der Waals surface area (Å²) >= 11 is 0. The van der Waals surface area contributed by atoms with E-state index in [2.05, 4.69) is 23.7 Å². The van der Waals surface area contributed by atoms with E-state index >= 15 is 0 Å². The average Bonchev–Trinajstić information content (AvgIpc) is 2.62. The van der Waals surface area contributed by atoms with Gasteiger partial charge in [0.05, 0.1) is 23.6 Å². The second kappa shape index (κ2) is 6.19. The highest BCUT2D eigenvalue weighted by Crippen LogP contribution is 2.15. The lowest BCUT2D eigenvalue weighted by Gasteiger charge is -2.23. The van der Waals surface area contributed by atoms with Crippen molar-refractivity contribution in [3.8, 4) is 11.8 Å². The number of hydrogen-bond acceptors (Lipinski definition) is 3. The minimum atomic E-state index is -0.00630. The molecule has 0 amide bonds. The molecule has 4 heteroatoms. The molecule has 0 saturated heterocycles. The fourth-order valence-corrected chi connectivity index (χ4v) is 2.95. The zero-order valence-corrected chi connectivity index (χ0v) is 14.2. The normalized spacial score (nSPS) is 16.2. The van der Waals surface area contributed by atoms with Gasteiger partial charge in [0.15, 0.2) is 0 Å². The van der Waals surface area contributed by atoms with Crippen LogP contribution in [0.3, 0.4) is 0 Å². The average molecular weight is 330 g/mol. The molecule has 0 spiro atoms. The Morgan fingerprint density at radius 3 is 2.64 bits per heavy atom. The Kier molecular flexibility index (Phi) is 3.87. The number of rotatable bonds is 0. The van der Waals surface area contributed by atoms with Crippen molar-refractivity contribution in [1.82, 2.24) is 9.55 Å². The molecule has 2 aromatic carbocycles. The number of benzene rings is 2. The van der Waals surface area contributed by atoms with E-state index in [-0.39, 0.29) is 11.7 Å². The summed E-state index contributed by atoms with van der Waals surface area (Å²) in [4.78, 5) is 17.3. The summed E-state index contributed by atoms with van der Waals surface area (Å²) in [5.74, 6) is 6.98. The number of ether oxygens (including phenoxy) is 1. The topological polar surface area (TPSA) is 44.1 Å². The SMILES string of the molecule is Cc1ccc(C#Cc2ccc3c(=O)n4c(nc3c2)COC(C)C4)cc1. The molecule has 0 saturated carbocycles. The van der Waals surface area contributed by atoms with Crippen LogP contribution in [0.1, 0.15) is 29.4 Å². The molecule has 1 aliphatic rings. The minimum Gasteiger partial charge on any atom is -0.369 e. The van der Waals surface area contributed by atoms with Gasteiger partial charge >= 0.3 is 0 Å². The molecule has 0 fully saturated rings. The van der Waals surface area contributed by atoms with Crippen LogP contribution >= 0.6 is 0 Å². The van der Waals surface area contributed by atoms with Crippen molar-refractivity contribution >= 4 is 10.9 Å². The van der Waals surface area contributed by atoms with Crippen LogP contribution in [0.2, 0.25) is 0 Å². The van der Waals surface area contributed by atoms with Crippen molar-refractivity contribution < 1.29 is 4.74 Å². The van der Waals surface area contributed by atoms with Crippen molar-refractivity contribution in [1.29, 1.82) is 0 Å². The third-order valence-electron chi connectivity index (χ3n) is 4.37. The van der Waals surface area contributed by atoms with E-state index in [1.807, 2.05) is 49.4 Å². The van der Waals surface area contributed by atoms with Gasteiger partial charge < -0.3 is 4.74 Å². The predicted octanol–water partition coefficient (Wildman–Crippen LogP) is 3.02. The Balaban J connectivity index is 1.75. The van der Waals surface area contributed by atoms with Crippen LogP contribution in [-0.2, 0) is 17.9 Å². The Morgan fingerprint density at radius 1 is 1.12 bits per heavy atom. The molecule has 25 heavy (non-hydrogen) atoms. The first-order chi connectivity index (χ1) is 12.1. The highest BCUT2D eigenvalue weighted by Gasteiger charge is 2.19. The van der Waals surface area contributed by atoms with Gasteiger partial charge in [-0.2, -0.15) is 0 Å². The highest BCUT2D eigenvalue weighted by molar-refractivity contribution is 5.79. The van der Waals surface area contributed by atoms with Crippen molar-refractivity contribution in [3.63, 3.8) is 0 Å². The second-order valence-electron chi connectivity index (χ2n) is 6.41. The summed E-state index contributed by atoms with van der Waals surface area (Å²) in [7, 11) is 0. The number of nitrogens with zero attached hydrogens (tertiary/aromatic N) is 2. The number of aromatic nitrogens is 2. The summed E-state index contributed by atoms with van der Waals surface area (Å²) in [6, 6.07) is 13.7. The fourth-order valence-electron chi connectivity index (χ4n) is 2.95. The van der Waals surface area contributed by atoms with Gasteiger partial charge in [-0.3, -0.25) is 9.36 Å². The van der Waals surface area contributed by atoms with E-state index < -0.39 is 0 Å². The molecule has 4 nitrogen and oxygen atoms in total. The molecule has 0 radical (unpaired) electrons. The van der Waals surface area contributed by atoms with E-state index in [1.54, 1.807) is 4.57 Å². The van der Waals surface area contributed by atoms with Gasteiger partial charge in [0.1, 0.15) is 12.4 Å². The summed E-state index contributed by atoms with van der Waals surface area (Å²) < 4.78 is 7.32. The predicted molar refractivity (Wildman–Crippen MR) is 97.4 cm³/mol. The van der Waals surface area contributed by atoms with E-state index in [1.165, 1.54) is 5.56 Å². The zero-order valence-electron chi connectivity index (χ0n) is 14.2. The lowest BCUT2D eigenvalue weighted by Crippen LogP contribution is -2.35. The molecule has 3 aromatic rings. The maximum absolute atomic E-state index is 12.7. The van der Waals surface area contributed by atoms with Crippen LogP contribution in [0.25, 0.3) is 10.9 Å². The molecular formula is C21H18N2O2. The first kappa shape index (κ1) is 15.6. The summed E-state index contributed by atoms with van der Waals surface area (Å²) in [6.45, 7) is 4.93. The Labute approximate surface area is 146 Å². The van der Waals surface area contributed by atoms with Gasteiger partial charge in [0, 0.05) is 11.1 Å². The minimum absolute atomic E-state index is 0.00630. The van der Waals surface area contributed by atoms with Gasteiger partial charge in [-0.1, -0.05) is 29.5 Å². The van der Waals surface area contributed by atoms with Gasteiger partial charge in [0.2, 0.25) is 0 Å². The van der Waals surface area contributed by atoms with Crippen molar-refractivity contribution in [2.45, 2.75) is 33.1 Å². The Hall–Kier alpha value is -2.90. The van der Waals surface area contributed by atoms with Crippen LogP contribution in [0.4, 0.5) is 0 Å². The van der Waals surface area contributed by atoms with Crippen LogP contribution in [0.5, 0.6) is 0 Å². The van der Waals surface area contributed by atoms with Gasteiger partial charge in [-0.25, -0.2) is 4.98 Å². The Bertz CT molecular complexity index is 1070. The smallest absolute Gasteiger partial charge is 0.261 e. The van der Waals surface area contributed by atoms with Crippen molar-refractivity contribution in [2.24, 2.45) is 0 Å². The number of fused-ring (bicyclic) bond motifs is 2. The molecule has 1 atom stereocenters. The van der Waals surface area contributed by atoms with Gasteiger partial charge in [0.25, 0.3) is 5.56 Å².